The Kier molecular flexibility index (Phi) is 4.99. The Morgan fingerprint density at radius 2 is 1.64 bits per heavy atom. The van der Waals surface area contributed by atoms with E-state index in [1.165, 1.54) is 7.11 Å². The molecule has 5 aromatic rings. The highest BCUT2D eigenvalue weighted by Crippen LogP contribution is 2.38. The maximum absolute atomic E-state index is 13.7. The number of ether oxygens (including phenoxy) is 1. The number of para-hydroxylation sites is 2. The summed E-state index contributed by atoms with van der Waals surface area (Å²) in [6, 6.07) is 18.9. The van der Waals surface area contributed by atoms with Crippen LogP contribution >= 0.6 is 11.6 Å². The molecule has 0 spiro atoms. The molecule has 0 fully saturated rings. The molecule has 0 aliphatic carbocycles. The molecule has 9 heteroatoms. The Hall–Kier alpha value is -3.62. The zero-order valence-corrected chi connectivity index (χ0v) is 19.4. The van der Waals surface area contributed by atoms with E-state index in [1.54, 1.807) is 53.1 Å². The molecule has 0 amide bonds. The van der Waals surface area contributed by atoms with Crippen molar-refractivity contribution < 1.29 is 13.2 Å². The lowest BCUT2D eigenvalue weighted by Gasteiger charge is -2.10. The van der Waals surface area contributed by atoms with Crippen LogP contribution in [0.1, 0.15) is 5.56 Å². The molecule has 0 atom stereocenters. The fourth-order valence-electron chi connectivity index (χ4n) is 3.79. The minimum atomic E-state index is -4.00. The first-order valence-corrected chi connectivity index (χ1v) is 11.9. The number of benzene rings is 3. The van der Waals surface area contributed by atoms with Gasteiger partial charge in [0.2, 0.25) is 9.84 Å². The first kappa shape index (κ1) is 21.2. The summed E-state index contributed by atoms with van der Waals surface area (Å²) in [5.41, 5.74) is 9.69. The van der Waals surface area contributed by atoms with Crippen molar-refractivity contribution >= 4 is 49.5 Å². The van der Waals surface area contributed by atoms with Gasteiger partial charge in [-0.25, -0.2) is 18.4 Å². The number of aryl methyl sites for hydroxylation is 1. The number of aromatic nitrogens is 3. The Morgan fingerprint density at radius 1 is 0.970 bits per heavy atom. The zero-order valence-electron chi connectivity index (χ0n) is 17.8. The molecule has 0 unspecified atom stereocenters. The summed E-state index contributed by atoms with van der Waals surface area (Å²) in [6.07, 6.45) is 0. The van der Waals surface area contributed by atoms with Crippen LogP contribution in [-0.2, 0) is 9.84 Å². The van der Waals surface area contributed by atoms with Crippen molar-refractivity contribution in [3.8, 4) is 11.4 Å². The normalized spacial score (nSPS) is 11.8. The van der Waals surface area contributed by atoms with Crippen LogP contribution in [0.15, 0.2) is 76.5 Å². The van der Waals surface area contributed by atoms with Gasteiger partial charge in [0.15, 0.2) is 5.65 Å². The fourth-order valence-corrected chi connectivity index (χ4v) is 5.53. The third kappa shape index (κ3) is 3.39. The minimum absolute atomic E-state index is 0.00196. The van der Waals surface area contributed by atoms with Gasteiger partial charge in [0.1, 0.15) is 22.0 Å². The van der Waals surface area contributed by atoms with E-state index in [4.69, 9.17) is 27.1 Å². The fraction of sp³-hybridized carbons (Fsp3) is 0.0833. The summed E-state index contributed by atoms with van der Waals surface area (Å²) in [6.45, 7) is 1.89. The largest absolute Gasteiger partial charge is 0.495 e. The van der Waals surface area contributed by atoms with Gasteiger partial charge in [0.05, 0.1) is 33.7 Å². The summed E-state index contributed by atoms with van der Waals surface area (Å²) < 4.78 is 34.2. The number of hydrogen-bond acceptors (Lipinski definition) is 6. The quantitative estimate of drug-likeness (QED) is 0.392. The Morgan fingerprint density at radius 3 is 2.27 bits per heavy atom. The molecule has 7 nitrogen and oxygen atoms in total. The van der Waals surface area contributed by atoms with E-state index in [2.05, 4.69) is 4.98 Å². The highest BCUT2D eigenvalue weighted by Gasteiger charge is 2.30. The summed E-state index contributed by atoms with van der Waals surface area (Å²) in [5, 5.41) is 0.355. The van der Waals surface area contributed by atoms with Crippen molar-refractivity contribution in [3.05, 3.63) is 77.3 Å². The van der Waals surface area contributed by atoms with Crippen LogP contribution in [0, 0.1) is 6.92 Å². The number of nitrogens with two attached hydrogens (primary N) is 1. The molecule has 0 saturated heterocycles. The van der Waals surface area contributed by atoms with Crippen LogP contribution in [0.5, 0.6) is 5.75 Å². The zero-order chi connectivity index (χ0) is 23.3. The molecule has 0 bridgehead atoms. The Bertz CT molecular complexity index is 1640. The summed E-state index contributed by atoms with van der Waals surface area (Å²) in [7, 11) is -2.48. The van der Waals surface area contributed by atoms with E-state index in [1.807, 2.05) is 25.1 Å². The molecule has 2 N–H and O–H groups in total. The molecule has 3 aromatic carbocycles. The molecular weight excluding hydrogens is 460 g/mol. The van der Waals surface area contributed by atoms with Gasteiger partial charge in [-0.3, -0.25) is 4.57 Å². The van der Waals surface area contributed by atoms with E-state index in [9.17, 15) is 8.42 Å². The van der Waals surface area contributed by atoms with Gasteiger partial charge in [-0.2, -0.15) is 0 Å². The third-order valence-corrected chi connectivity index (χ3v) is 7.57. The lowest BCUT2D eigenvalue weighted by atomic mass is 10.2. The molecule has 166 valence electrons. The summed E-state index contributed by atoms with van der Waals surface area (Å²) in [5.74, 6) is 0.488. The first-order chi connectivity index (χ1) is 15.8. The number of anilines is 1. The van der Waals surface area contributed by atoms with E-state index in [0.717, 1.165) is 5.56 Å². The average molecular weight is 479 g/mol. The number of halogens is 1. The highest BCUT2D eigenvalue weighted by atomic mass is 35.5. The predicted octanol–water partition coefficient (Wildman–Crippen LogP) is 4.96. The second-order valence-corrected chi connectivity index (χ2v) is 9.86. The summed E-state index contributed by atoms with van der Waals surface area (Å²) in [4.78, 5) is 9.40. The lowest BCUT2D eigenvalue weighted by Crippen LogP contribution is -2.07. The van der Waals surface area contributed by atoms with Gasteiger partial charge in [-0.1, -0.05) is 41.4 Å². The number of hydrogen-bond donors (Lipinski definition) is 1. The maximum Gasteiger partial charge on any atom is 0.212 e. The molecule has 0 radical (unpaired) electrons. The topological polar surface area (TPSA) is 100 Å². The van der Waals surface area contributed by atoms with Crippen LogP contribution in [0.25, 0.3) is 27.9 Å². The van der Waals surface area contributed by atoms with Gasteiger partial charge in [-0.15, -0.1) is 0 Å². The van der Waals surface area contributed by atoms with Crippen LogP contribution in [0.4, 0.5) is 5.82 Å². The second-order valence-electron chi connectivity index (χ2n) is 7.57. The Balaban J connectivity index is 1.88. The van der Waals surface area contributed by atoms with Gasteiger partial charge < -0.3 is 10.5 Å². The molecule has 0 aliphatic heterocycles. The number of fused-ring (bicyclic) bond motifs is 2. The van der Waals surface area contributed by atoms with Crippen molar-refractivity contribution in [2.24, 2.45) is 0 Å². The van der Waals surface area contributed by atoms with E-state index >= 15 is 0 Å². The van der Waals surface area contributed by atoms with E-state index in [0.29, 0.717) is 33.1 Å². The van der Waals surface area contributed by atoms with Crippen molar-refractivity contribution in [1.82, 2.24) is 14.5 Å². The minimum Gasteiger partial charge on any atom is -0.495 e. The second kappa shape index (κ2) is 7.75. The predicted molar refractivity (Wildman–Crippen MR) is 129 cm³/mol. The van der Waals surface area contributed by atoms with Gasteiger partial charge in [0, 0.05) is 0 Å². The maximum atomic E-state index is 13.7. The molecular formula is C24H19ClN4O3S. The number of methoxy groups -OCH3 is 1. The van der Waals surface area contributed by atoms with E-state index < -0.39 is 9.84 Å². The molecule has 2 heterocycles. The SMILES string of the molecule is COc1ccc(-n2c(N)c(S(=O)(=O)c3ccc(C)cc3)c3nc4ccccc4nc32)cc1Cl. The molecule has 0 aliphatic rings. The number of nitrogens with zero attached hydrogens (tertiary/aromatic N) is 3. The monoisotopic (exact) mass is 478 g/mol. The van der Waals surface area contributed by atoms with Crippen molar-refractivity contribution in [3.63, 3.8) is 0 Å². The smallest absolute Gasteiger partial charge is 0.212 e. The molecule has 5 rings (SSSR count). The highest BCUT2D eigenvalue weighted by molar-refractivity contribution is 7.92. The standard InChI is InChI=1S/C24H19ClN4O3S/c1-14-7-10-16(11-8-14)33(30,31)22-21-24(28-19-6-4-3-5-18(19)27-21)29(23(22)26)15-9-12-20(32-2)17(25)13-15/h3-13H,26H2,1-2H3. The van der Waals surface area contributed by atoms with Crippen LogP contribution in [0.2, 0.25) is 5.02 Å². The first-order valence-electron chi connectivity index (χ1n) is 10.0. The van der Waals surface area contributed by atoms with Crippen molar-refractivity contribution in [2.75, 3.05) is 12.8 Å². The van der Waals surface area contributed by atoms with Crippen molar-refractivity contribution in [1.29, 1.82) is 0 Å². The van der Waals surface area contributed by atoms with Gasteiger partial charge in [-0.05, 0) is 49.4 Å². The number of nitrogen functional groups attached to an aromatic ring is 1. The summed E-state index contributed by atoms with van der Waals surface area (Å²) >= 11 is 6.35. The van der Waals surface area contributed by atoms with Gasteiger partial charge in [0.25, 0.3) is 0 Å². The molecule has 0 saturated carbocycles. The third-order valence-electron chi connectivity index (χ3n) is 5.45. The lowest BCUT2D eigenvalue weighted by molar-refractivity contribution is 0.415. The van der Waals surface area contributed by atoms with Crippen LogP contribution in [0.3, 0.4) is 0 Å². The van der Waals surface area contributed by atoms with Crippen LogP contribution in [-0.4, -0.2) is 30.1 Å². The average Bonchev–Trinajstić information content (AvgIpc) is 3.09. The van der Waals surface area contributed by atoms with Gasteiger partial charge >= 0.3 is 0 Å². The van der Waals surface area contributed by atoms with Crippen LogP contribution < -0.4 is 10.5 Å². The number of sulfone groups is 1. The number of rotatable bonds is 4. The van der Waals surface area contributed by atoms with E-state index in [-0.39, 0.29) is 21.1 Å². The molecule has 33 heavy (non-hydrogen) atoms. The Labute approximate surface area is 195 Å². The molecule has 2 aromatic heterocycles. The van der Waals surface area contributed by atoms with Crippen molar-refractivity contribution in [2.45, 2.75) is 16.7 Å².